The van der Waals surface area contributed by atoms with Gasteiger partial charge in [-0.15, -0.1) is 0 Å². The molecular formula is C25H31N3O2S. The molecule has 2 heterocycles. The lowest BCUT2D eigenvalue weighted by atomic mass is 9.97. The second kappa shape index (κ2) is 8.52. The van der Waals surface area contributed by atoms with Crippen LogP contribution >= 0.6 is 0 Å². The SMILES string of the molecule is CC(C)N1CCN(c2ccc(-c3cc(S(C)(=O)=O)ccc3-c3cccn3C)cc2)CC1. The maximum atomic E-state index is 12.2. The maximum absolute atomic E-state index is 12.2. The Hall–Kier alpha value is -2.57. The van der Waals surface area contributed by atoms with Gasteiger partial charge < -0.3 is 9.47 Å². The van der Waals surface area contributed by atoms with Crippen molar-refractivity contribution in [3.63, 3.8) is 0 Å². The Balaban J connectivity index is 1.68. The molecule has 6 heteroatoms. The third-order valence-corrected chi connectivity index (χ3v) is 7.34. The zero-order valence-corrected chi connectivity index (χ0v) is 19.6. The molecule has 0 unspecified atom stereocenters. The fourth-order valence-electron chi connectivity index (χ4n) is 4.31. The highest BCUT2D eigenvalue weighted by molar-refractivity contribution is 7.90. The van der Waals surface area contributed by atoms with Crippen molar-refractivity contribution in [2.24, 2.45) is 7.05 Å². The van der Waals surface area contributed by atoms with Crippen molar-refractivity contribution < 1.29 is 8.42 Å². The fourth-order valence-corrected chi connectivity index (χ4v) is 4.95. The van der Waals surface area contributed by atoms with Crippen LogP contribution < -0.4 is 4.90 Å². The Morgan fingerprint density at radius 2 is 1.55 bits per heavy atom. The Kier molecular flexibility index (Phi) is 5.95. The Labute approximate surface area is 185 Å². The molecule has 0 amide bonds. The number of piperazine rings is 1. The van der Waals surface area contributed by atoms with Crippen LogP contribution in [-0.2, 0) is 16.9 Å². The summed E-state index contributed by atoms with van der Waals surface area (Å²) in [6, 6.07) is 18.6. The molecule has 0 spiro atoms. The van der Waals surface area contributed by atoms with E-state index in [-0.39, 0.29) is 0 Å². The molecule has 0 N–H and O–H groups in total. The summed E-state index contributed by atoms with van der Waals surface area (Å²) in [6.07, 6.45) is 3.26. The van der Waals surface area contributed by atoms with Gasteiger partial charge in [0.25, 0.3) is 0 Å². The van der Waals surface area contributed by atoms with E-state index in [1.165, 1.54) is 11.9 Å². The normalized spacial score (nSPS) is 15.6. The molecule has 31 heavy (non-hydrogen) atoms. The second-order valence-electron chi connectivity index (χ2n) is 8.65. The Bertz CT molecular complexity index is 1160. The smallest absolute Gasteiger partial charge is 0.175 e. The van der Waals surface area contributed by atoms with Crippen LogP contribution in [0.1, 0.15) is 13.8 Å². The van der Waals surface area contributed by atoms with E-state index in [9.17, 15) is 8.42 Å². The highest BCUT2D eigenvalue weighted by Crippen LogP contribution is 2.35. The van der Waals surface area contributed by atoms with Crippen molar-refractivity contribution in [3.8, 4) is 22.4 Å². The quantitative estimate of drug-likeness (QED) is 0.597. The number of nitrogens with zero attached hydrogens (tertiary/aromatic N) is 3. The van der Waals surface area contributed by atoms with Crippen LogP contribution in [-0.4, -0.2) is 56.4 Å². The summed E-state index contributed by atoms with van der Waals surface area (Å²) in [5, 5.41) is 0. The molecular weight excluding hydrogens is 406 g/mol. The molecule has 2 aromatic carbocycles. The summed E-state index contributed by atoms with van der Waals surface area (Å²) >= 11 is 0. The van der Waals surface area contributed by atoms with Gasteiger partial charge in [0.15, 0.2) is 9.84 Å². The fraction of sp³-hybridized carbons (Fsp3) is 0.360. The van der Waals surface area contributed by atoms with Gasteiger partial charge in [-0.25, -0.2) is 8.42 Å². The highest BCUT2D eigenvalue weighted by Gasteiger charge is 2.20. The first-order chi connectivity index (χ1) is 14.7. The number of rotatable bonds is 5. The van der Waals surface area contributed by atoms with E-state index in [2.05, 4.69) is 58.5 Å². The van der Waals surface area contributed by atoms with Gasteiger partial charge in [-0.1, -0.05) is 18.2 Å². The van der Waals surface area contributed by atoms with Crippen molar-refractivity contribution in [3.05, 3.63) is 60.8 Å². The minimum atomic E-state index is -3.29. The molecule has 4 rings (SSSR count). The van der Waals surface area contributed by atoms with Crippen LogP contribution in [0.25, 0.3) is 22.4 Å². The number of aryl methyl sites for hydroxylation is 1. The summed E-state index contributed by atoms with van der Waals surface area (Å²) < 4.78 is 26.5. The standard InChI is InChI=1S/C25H31N3O2S/c1-19(2)27-14-16-28(17-15-27)21-9-7-20(8-10-21)24-18-22(31(4,29)30)11-12-23(24)25-6-5-13-26(25)3/h5-13,18-19H,14-17H2,1-4H3. The van der Waals surface area contributed by atoms with Gasteiger partial charge in [-0.3, -0.25) is 4.90 Å². The Morgan fingerprint density at radius 3 is 2.10 bits per heavy atom. The molecule has 0 bridgehead atoms. The number of aromatic nitrogens is 1. The van der Waals surface area contributed by atoms with E-state index in [0.29, 0.717) is 10.9 Å². The summed E-state index contributed by atoms with van der Waals surface area (Å²) in [7, 11) is -1.28. The van der Waals surface area contributed by atoms with E-state index in [1.807, 2.05) is 25.4 Å². The van der Waals surface area contributed by atoms with Crippen molar-refractivity contribution in [2.75, 3.05) is 37.3 Å². The minimum absolute atomic E-state index is 0.342. The van der Waals surface area contributed by atoms with Gasteiger partial charge in [0.2, 0.25) is 0 Å². The summed E-state index contributed by atoms with van der Waals surface area (Å²) in [5.41, 5.74) is 5.25. The lowest BCUT2D eigenvalue weighted by molar-refractivity contribution is 0.209. The largest absolute Gasteiger partial charge is 0.369 e. The van der Waals surface area contributed by atoms with Crippen molar-refractivity contribution in [1.29, 1.82) is 0 Å². The van der Waals surface area contributed by atoms with Crippen LogP contribution in [0.2, 0.25) is 0 Å². The number of benzene rings is 2. The van der Waals surface area contributed by atoms with Gasteiger partial charge in [0, 0.05) is 68.7 Å². The van der Waals surface area contributed by atoms with E-state index in [4.69, 9.17) is 0 Å². The number of hydrogen-bond acceptors (Lipinski definition) is 4. The first kappa shape index (κ1) is 21.7. The van der Waals surface area contributed by atoms with E-state index < -0.39 is 9.84 Å². The summed E-state index contributed by atoms with van der Waals surface area (Å²) in [6.45, 7) is 8.70. The van der Waals surface area contributed by atoms with Crippen LogP contribution in [0.3, 0.4) is 0 Å². The van der Waals surface area contributed by atoms with Crippen LogP contribution in [0.15, 0.2) is 65.7 Å². The van der Waals surface area contributed by atoms with Gasteiger partial charge in [0.05, 0.1) is 4.90 Å². The average molecular weight is 438 g/mol. The number of hydrogen-bond donors (Lipinski definition) is 0. The predicted octanol–water partition coefficient (Wildman–Crippen LogP) is 4.29. The average Bonchev–Trinajstić information content (AvgIpc) is 3.18. The molecule has 5 nitrogen and oxygen atoms in total. The van der Waals surface area contributed by atoms with Crippen molar-refractivity contribution >= 4 is 15.5 Å². The third-order valence-electron chi connectivity index (χ3n) is 6.23. The van der Waals surface area contributed by atoms with Gasteiger partial charge in [-0.05, 0) is 61.4 Å². The van der Waals surface area contributed by atoms with E-state index in [1.54, 1.807) is 12.1 Å². The van der Waals surface area contributed by atoms with Crippen LogP contribution in [0, 0.1) is 0 Å². The Morgan fingerprint density at radius 1 is 0.871 bits per heavy atom. The van der Waals surface area contributed by atoms with Gasteiger partial charge in [0.1, 0.15) is 0 Å². The van der Waals surface area contributed by atoms with Crippen molar-refractivity contribution in [2.45, 2.75) is 24.8 Å². The van der Waals surface area contributed by atoms with Crippen LogP contribution in [0.4, 0.5) is 5.69 Å². The molecule has 0 aliphatic carbocycles. The molecule has 0 radical (unpaired) electrons. The molecule has 0 atom stereocenters. The molecule has 3 aromatic rings. The number of sulfone groups is 1. The molecule has 0 saturated carbocycles. The molecule has 1 aliphatic rings. The third kappa shape index (κ3) is 4.55. The lowest BCUT2D eigenvalue weighted by Gasteiger charge is -2.38. The van der Waals surface area contributed by atoms with Crippen LogP contribution in [0.5, 0.6) is 0 Å². The zero-order valence-electron chi connectivity index (χ0n) is 18.7. The van der Waals surface area contributed by atoms with E-state index in [0.717, 1.165) is 48.6 Å². The van der Waals surface area contributed by atoms with E-state index >= 15 is 0 Å². The zero-order chi connectivity index (χ0) is 22.2. The summed E-state index contributed by atoms with van der Waals surface area (Å²) in [5.74, 6) is 0. The predicted molar refractivity (Wildman–Crippen MR) is 128 cm³/mol. The lowest BCUT2D eigenvalue weighted by Crippen LogP contribution is -2.48. The summed E-state index contributed by atoms with van der Waals surface area (Å²) in [4.78, 5) is 5.27. The highest BCUT2D eigenvalue weighted by atomic mass is 32.2. The van der Waals surface area contributed by atoms with Gasteiger partial charge in [-0.2, -0.15) is 0 Å². The topological polar surface area (TPSA) is 45.6 Å². The molecule has 1 aliphatic heterocycles. The maximum Gasteiger partial charge on any atom is 0.175 e. The molecule has 1 saturated heterocycles. The van der Waals surface area contributed by atoms with Crippen molar-refractivity contribution in [1.82, 2.24) is 9.47 Å². The first-order valence-electron chi connectivity index (χ1n) is 10.8. The molecule has 1 aromatic heterocycles. The molecule has 1 fully saturated rings. The second-order valence-corrected chi connectivity index (χ2v) is 10.7. The first-order valence-corrected chi connectivity index (χ1v) is 12.7. The number of anilines is 1. The van der Waals surface area contributed by atoms with Gasteiger partial charge >= 0.3 is 0 Å². The minimum Gasteiger partial charge on any atom is -0.369 e. The monoisotopic (exact) mass is 437 g/mol. The molecule has 164 valence electrons.